The van der Waals surface area contributed by atoms with Gasteiger partial charge in [-0.2, -0.15) is 0 Å². The molecule has 2 nitrogen and oxygen atoms in total. The Morgan fingerprint density at radius 1 is 1.16 bits per heavy atom. The summed E-state index contributed by atoms with van der Waals surface area (Å²) in [5.74, 6) is 1.60. The van der Waals surface area contributed by atoms with E-state index in [-0.39, 0.29) is 0 Å². The van der Waals surface area contributed by atoms with Gasteiger partial charge in [0.25, 0.3) is 0 Å². The number of rotatable bonds is 3. The fourth-order valence-electron chi connectivity index (χ4n) is 2.79. The molecule has 1 aliphatic rings. The maximum atomic E-state index is 5.28. The van der Waals surface area contributed by atoms with Crippen LogP contribution in [0.4, 0.5) is 5.69 Å². The highest BCUT2D eigenvalue weighted by atomic mass is 16.5. The maximum absolute atomic E-state index is 5.28. The summed E-state index contributed by atoms with van der Waals surface area (Å²) in [5.41, 5.74) is 4.08. The monoisotopic (exact) mass is 253 g/mol. The van der Waals surface area contributed by atoms with Crippen LogP contribution in [0.5, 0.6) is 5.75 Å². The lowest BCUT2D eigenvalue weighted by Gasteiger charge is -2.26. The summed E-state index contributed by atoms with van der Waals surface area (Å²) in [5, 5.41) is 3.53. The Bertz CT molecular complexity index is 565. The van der Waals surface area contributed by atoms with E-state index >= 15 is 0 Å². The summed E-state index contributed by atoms with van der Waals surface area (Å²) >= 11 is 0. The van der Waals surface area contributed by atoms with E-state index in [0.717, 1.165) is 25.1 Å². The molecule has 1 atom stereocenters. The van der Waals surface area contributed by atoms with Crippen molar-refractivity contribution >= 4 is 5.69 Å². The maximum Gasteiger partial charge on any atom is 0.119 e. The fraction of sp³-hybridized carbons (Fsp3) is 0.294. The van der Waals surface area contributed by atoms with Gasteiger partial charge in [-0.15, -0.1) is 0 Å². The molecule has 19 heavy (non-hydrogen) atoms. The van der Waals surface area contributed by atoms with Crippen molar-refractivity contribution in [1.29, 1.82) is 0 Å². The van der Waals surface area contributed by atoms with Crippen molar-refractivity contribution in [2.75, 3.05) is 19.0 Å². The van der Waals surface area contributed by atoms with Gasteiger partial charge in [-0.1, -0.05) is 30.3 Å². The first-order valence-electron chi connectivity index (χ1n) is 6.80. The third kappa shape index (κ3) is 2.73. The zero-order chi connectivity index (χ0) is 13.1. The van der Waals surface area contributed by atoms with E-state index in [1.807, 2.05) is 6.07 Å². The van der Waals surface area contributed by atoms with E-state index < -0.39 is 0 Å². The summed E-state index contributed by atoms with van der Waals surface area (Å²) in [7, 11) is 1.72. The zero-order valence-electron chi connectivity index (χ0n) is 11.2. The van der Waals surface area contributed by atoms with Crippen molar-refractivity contribution < 1.29 is 4.74 Å². The van der Waals surface area contributed by atoms with Crippen molar-refractivity contribution in [2.45, 2.75) is 12.8 Å². The first-order valence-corrected chi connectivity index (χ1v) is 6.80. The molecule has 2 heteroatoms. The van der Waals surface area contributed by atoms with Crippen LogP contribution in [-0.4, -0.2) is 13.7 Å². The number of hydrogen-bond acceptors (Lipinski definition) is 2. The second-order valence-corrected chi connectivity index (χ2v) is 5.16. The predicted molar refractivity (Wildman–Crippen MR) is 78.8 cm³/mol. The smallest absolute Gasteiger partial charge is 0.119 e. The van der Waals surface area contributed by atoms with Crippen LogP contribution in [0.3, 0.4) is 0 Å². The second kappa shape index (κ2) is 5.35. The van der Waals surface area contributed by atoms with Gasteiger partial charge in [-0.3, -0.25) is 0 Å². The molecule has 1 unspecified atom stereocenters. The topological polar surface area (TPSA) is 21.3 Å². The van der Waals surface area contributed by atoms with Crippen LogP contribution in [0.1, 0.15) is 11.1 Å². The van der Waals surface area contributed by atoms with Gasteiger partial charge in [0.1, 0.15) is 5.75 Å². The molecule has 3 rings (SSSR count). The Morgan fingerprint density at radius 2 is 2.05 bits per heavy atom. The van der Waals surface area contributed by atoms with Gasteiger partial charge in [0.2, 0.25) is 0 Å². The van der Waals surface area contributed by atoms with Gasteiger partial charge in [0, 0.05) is 12.2 Å². The lowest BCUT2D eigenvalue weighted by molar-refractivity contribution is 0.413. The summed E-state index contributed by atoms with van der Waals surface area (Å²) in [6.07, 6.45) is 2.25. The Morgan fingerprint density at radius 3 is 2.95 bits per heavy atom. The molecule has 0 aliphatic carbocycles. The van der Waals surface area contributed by atoms with Crippen LogP contribution in [0.25, 0.3) is 0 Å². The lowest BCUT2D eigenvalue weighted by Crippen LogP contribution is -2.24. The Balaban J connectivity index is 1.71. The van der Waals surface area contributed by atoms with Gasteiger partial charge in [-0.05, 0) is 48.1 Å². The molecule has 98 valence electrons. The van der Waals surface area contributed by atoms with Gasteiger partial charge >= 0.3 is 0 Å². The quantitative estimate of drug-likeness (QED) is 0.903. The normalized spacial score (nSPS) is 17.4. The molecule has 1 N–H and O–H groups in total. The van der Waals surface area contributed by atoms with E-state index in [1.165, 1.54) is 16.8 Å². The highest BCUT2D eigenvalue weighted by molar-refractivity contribution is 5.53. The Labute approximate surface area is 114 Å². The largest absolute Gasteiger partial charge is 0.497 e. The third-order valence-corrected chi connectivity index (χ3v) is 3.77. The minimum absolute atomic E-state index is 0.655. The third-order valence-electron chi connectivity index (χ3n) is 3.77. The van der Waals surface area contributed by atoms with Crippen LogP contribution >= 0.6 is 0 Å². The molecule has 0 saturated heterocycles. The highest BCUT2D eigenvalue weighted by Crippen LogP contribution is 2.26. The number of ether oxygens (including phenoxy) is 1. The molecule has 0 fully saturated rings. The molecule has 0 amide bonds. The minimum atomic E-state index is 0.655. The summed E-state index contributed by atoms with van der Waals surface area (Å²) < 4.78 is 5.28. The van der Waals surface area contributed by atoms with Crippen LogP contribution in [0.2, 0.25) is 0 Å². The highest BCUT2D eigenvalue weighted by Gasteiger charge is 2.18. The van der Waals surface area contributed by atoms with Crippen molar-refractivity contribution in [3.05, 3.63) is 59.7 Å². The first kappa shape index (κ1) is 12.1. The molecule has 0 bridgehead atoms. The molecule has 0 saturated carbocycles. The molecular formula is C17H19NO. The molecule has 0 aromatic heterocycles. The average molecular weight is 253 g/mol. The second-order valence-electron chi connectivity index (χ2n) is 5.16. The average Bonchev–Trinajstić information content (AvgIpc) is 2.47. The minimum Gasteiger partial charge on any atom is -0.497 e. The van der Waals surface area contributed by atoms with E-state index in [0.29, 0.717) is 5.92 Å². The molecule has 2 aromatic rings. The summed E-state index contributed by atoms with van der Waals surface area (Å²) in [6.45, 7) is 1.05. The molecule has 1 aliphatic heterocycles. The number of methoxy groups -OCH3 is 1. The van der Waals surface area contributed by atoms with E-state index in [2.05, 4.69) is 47.8 Å². The number of benzene rings is 2. The van der Waals surface area contributed by atoms with Crippen LogP contribution in [-0.2, 0) is 12.8 Å². The van der Waals surface area contributed by atoms with Gasteiger partial charge in [0.05, 0.1) is 7.11 Å². The Kier molecular flexibility index (Phi) is 3.41. The van der Waals surface area contributed by atoms with E-state index in [1.54, 1.807) is 7.11 Å². The molecule has 2 aromatic carbocycles. The van der Waals surface area contributed by atoms with Gasteiger partial charge in [-0.25, -0.2) is 0 Å². The van der Waals surface area contributed by atoms with Crippen molar-refractivity contribution in [2.24, 2.45) is 5.92 Å². The summed E-state index contributed by atoms with van der Waals surface area (Å²) in [4.78, 5) is 0. The van der Waals surface area contributed by atoms with Gasteiger partial charge in [0.15, 0.2) is 0 Å². The lowest BCUT2D eigenvalue weighted by atomic mass is 9.89. The molecule has 0 radical (unpaired) electrons. The van der Waals surface area contributed by atoms with Crippen molar-refractivity contribution in [3.63, 3.8) is 0 Å². The van der Waals surface area contributed by atoms with Crippen LogP contribution in [0.15, 0.2) is 48.5 Å². The van der Waals surface area contributed by atoms with Crippen molar-refractivity contribution in [3.8, 4) is 5.75 Å². The number of nitrogens with one attached hydrogen (secondary N) is 1. The van der Waals surface area contributed by atoms with Crippen LogP contribution in [0, 0.1) is 5.92 Å². The first-order chi connectivity index (χ1) is 9.35. The summed E-state index contributed by atoms with van der Waals surface area (Å²) in [6, 6.07) is 17.0. The SMILES string of the molecule is COc1cccc(CC2CNc3ccccc3C2)c1. The van der Waals surface area contributed by atoms with E-state index in [4.69, 9.17) is 4.74 Å². The molecular weight excluding hydrogens is 234 g/mol. The molecule has 0 spiro atoms. The Hall–Kier alpha value is -1.96. The predicted octanol–water partition coefficient (Wildman–Crippen LogP) is 3.52. The number of anilines is 1. The fourth-order valence-corrected chi connectivity index (χ4v) is 2.79. The molecule has 1 heterocycles. The van der Waals surface area contributed by atoms with Crippen molar-refractivity contribution in [1.82, 2.24) is 0 Å². The van der Waals surface area contributed by atoms with E-state index in [9.17, 15) is 0 Å². The standard InChI is InChI=1S/C17H19NO/c1-19-16-7-4-5-13(11-16)9-14-10-15-6-2-3-8-17(15)18-12-14/h2-8,11,14,18H,9-10,12H2,1H3. The van der Waals surface area contributed by atoms with Crippen LogP contribution < -0.4 is 10.1 Å². The van der Waals surface area contributed by atoms with Gasteiger partial charge < -0.3 is 10.1 Å². The number of fused-ring (bicyclic) bond motifs is 1. The number of hydrogen-bond donors (Lipinski definition) is 1. The number of para-hydroxylation sites is 1. The zero-order valence-corrected chi connectivity index (χ0v) is 11.2.